The highest BCUT2D eigenvalue weighted by molar-refractivity contribution is 6.00. The van der Waals surface area contributed by atoms with Crippen molar-refractivity contribution in [2.45, 2.75) is 73.3 Å². The number of ether oxygens (including phenoxy) is 1. The summed E-state index contributed by atoms with van der Waals surface area (Å²) >= 11 is 0. The lowest BCUT2D eigenvalue weighted by atomic mass is 9.64. The third-order valence-corrected chi connectivity index (χ3v) is 3.62. The molecular formula is C15H28O4. The Morgan fingerprint density at radius 3 is 2.00 bits per heavy atom. The van der Waals surface area contributed by atoms with Gasteiger partial charge in [-0.15, -0.1) is 0 Å². The summed E-state index contributed by atoms with van der Waals surface area (Å²) in [4.78, 5) is 24.2. The molecule has 0 aromatic heterocycles. The van der Waals surface area contributed by atoms with Gasteiger partial charge >= 0.3 is 11.9 Å². The maximum atomic E-state index is 12.4. The molecule has 0 aliphatic heterocycles. The molecule has 0 aromatic rings. The molecule has 2 atom stereocenters. The lowest BCUT2D eigenvalue weighted by Crippen LogP contribution is -2.51. The fourth-order valence-electron chi connectivity index (χ4n) is 2.42. The van der Waals surface area contributed by atoms with Gasteiger partial charge in [0.1, 0.15) is 0 Å². The van der Waals surface area contributed by atoms with Gasteiger partial charge in [-0.1, -0.05) is 47.5 Å². The number of carbonyl (C=O) groups is 2. The average Bonchev–Trinajstić information content (AvgIpc) is 2.23. The Balaban J connectivity index is 5.35. The second-order valence-electron chi connectivity index (χ2n) is 6.22. The predicted octanol–water partition coefficient (Wildman–Crippen LogP) is 3.64. The lowest BCUT2D eigenvalue weighted by Gasteiger charge is -2.39. The number of rotatable bonds is 7. The van der Waals surface area contributed by atoms with Crippen LogP contribution in [-0.4, -0.2) is 23.1 Å². The van der Waals surface area contributed by atoms with E-state index in [2.05, 4.69) is 0 Å². The molecule has 0 fully saturated rings. The molecule has 0 saturated heterocycles. The zero-order chi connectivity index (χ0) is 15.3. The molecule has 1 N–H and O–H groups in total. The molecule has 0 saturated carbocycles. The predicted molar refractivity (Wildman–Crippen MR) is 74.9 cm³/mol. The SMILES string of the molecule is CCCC(C)OC(=O)C(CCC)(C(=O)O)C(C)(C)C. The smallest absolute Gasteiger partial charge is 0.324 e. The second kappa shape index (κ2) is 6.92. The minimum absolute atomic E-state index is 0.240. The van der Waals surface area contributed by atoms with Crippen molar-refractivity contribution in [2.24, 2.45) is 10.8 Å². The molecule has 0 heterocycles. The third-order valence-electron chi connectivity index (χ3n) is 3.62. The van der Waals surface area contributed by atoms with Crippen LogP contribution in [0.1, 0.15) is 67.2 Å². The number of esters is 1. The van der Waals surface area contributed by atoms with Gasteiger partial charge in [0.05, 0.1) is 6.10 Å². The van der Waals surface area contributed by atoms with Gasteiger partial charge in [-0.3, -0.25) is 9.59 Å². The molecular weight excluding hydrogens is 244 g/mol. The highest BCUT2D eigenvalue weighted by atomic mass is 16.5. The Kier molecular flexibility index (Phi) is 6.53. The van der Waals surface area contributed by atoms with Crippen molar-refractivity contribution < 1.29 is 19.4 Å². The van der Waals surface area contributed by atoms with E-state index in [9.17, 15) is 14.7 Å². The van der Waals surface area contributed by atoms with Gasteiger partial charge in [-0.2, -0.15) is 0 Å². The molecule has 0 aliphatic rings. The van der Waals surface area contributed by atoms with Crippen molar-refractivity contribution in [1.82, 2.24) is 0 Å². The summed E-state index contributed by atoms with van der Waals surface area (Å²) in [7, 11) is 0. The Bertz CT molecular complexity index is 317. The van der Waals surface area contributed by atoms with Gasteiger partial charge in [0.2, 0.25) is 0 Å². The van der Waals surface area contributed by atoms with Crippen molar-refractivity contribution in [2.75, 3.05) is 0 Å². The largest absolute Gasteiger partial charge is 0.480 e. The summed E-state index contributed by atoms with van der Waals surface area (Å²) in [6, 6.07) is 0. The summed E-state index contributed by atoms with van der Waals surface area (Å²) in [5.74, 6) is -1.69. The van der Waals surface area contributed by atoms with Gasteiger partial charge < -0.3 is 9.84 Å². The van der Waals surface area contributed by atoms with Gasteiger partial charge in [0.25, 0.3) is 0 Å². The van der Waals surface area contributed by atoms with Crippen LogP contribution in [-0.2, 0) is 14.3 Å². The van der Waals surface area contributed by atoms with Crippen LogP contribution >= 0.6 is 0 Å². The van der Waals surface area contributed by atoms with Crippen LogP contribution < -0.4 is 0 Å². The first-order valence-electron chi connectivity index (χ1n) is 7.08. The van der Waals surface area contributed by atoms with E-state index in [0.29, 0.717) is 12.8 Å². The molecule has 0 bridgehead atoms. The van der Waals surface area contributed by atoms with Crippen LogP contribution in [0.15, 0.2) is 0 Å². The number of hydrogen-bond acceptors (Lipinski definition) is 3. The Hall–Kier alpha value is -1.06. The van der Waals surface area contributed by atoms with Crippen LogP contribution in [0.25, 0.3) is 0 Å². The van der Waals surface area contributed by atoms with E-state index in [1.165, 1.54) is 0 Å². The molecule has 2 unspecified atom stereocenters. The van der Waals surface area contributed by atoms with Crippen LogP contribution in [0.4, 0.5) is 0 Å². The lowest BCUT2D eigenvalue weighted by molar-refractivity contribution is -0.182. The maximum absolute atomic E-state index is 12.4. The zero-order valence-corrected chi connectivity index (χ0v) is 13.1. The van der Waals surface area contributed by atoms with Crippen LogP contribution in [0.3, 0.4) is 0 Å². The van der Waals surface area contributed by atoms with E-state index >= 15 is 0 Å². The summed E-state index contributed by atoms with van der Waals surface area (Å²) in [6.07, 6.45) is 2.33. The van der Waals surface area contributed by atoms with E-state index < -0.39 is 22.8 Å². The summed E-state index contributed by atoms with van der Waals surface area (Å²) < 4.78 is 5.38. The maximum Gasteiger partial charge on any atom is 0.324 e. The fourth-order valence-corrected chi connectivity index (χ4v) is 2.42. The summed E-state index contributed by atoms with van der Waals surface area (Å²) in [5, 5.41) is 9.60. The van der Waals surface area contributed by atoms with Crippen molar-refractivity contribution in [3.05, 3.63) is 0 Å². The topological polar surface area (TPSA) is 63.6 Å². The first-order valence-corrected chi connectivity index (χ1v) is 7.08. The van der Waals surface area contributed by atoms with Crippen LogP contribution in [0, 0.1) is 10.8 Å². The Labute approximate surface area is 116 Å². The third kappa shape index (κ3) is 3.95. The number of carbonyl (C=O) groups excluding carboxylic acids is 1. The number of carboxylic acid groups (broad SMARTS) is 1. The molecule has 0 radical (unpaired) electrons. The molecule has 0 rings (SSSR count). The number of aliphatic carboxylic acids is 1. The van der Waals surface area contributed by atoms with Crippen molar-refractivity contribution in [1.29, 1.82) is 0 Å². The normalized spacial score (nSPS) is 16.5. The molecule has 4 heteroatoms. The van der Waals surface area contributed by atoms with E-state index in [4.69, 9.17) is 4.74 Å². The molecule has 0 spiro atoms. The van der Waals surface area contributed by atoms with E-state index in [0.717, 1.165) is 12.8 Å². The minimum Gasteiger partial charge on any atom is -0.480 e. The number of hydrogen-bond donors (Lipinski definition) is 1. The standard InChI is InChI=1S/C15H28O4/c1-7-9-11(3)19-13(18)15(10-8-2,12(16)17)14(4,5)6/h11H,7-10H2,1-6H3,(H,16,17). The van der Waals surface area contributed by atoms with Gasteiger partial charge in [0.15, 0.2) is 5.41 Å². The Morgan fingerprint density at radius 2 is 1.68 bits per heavy atom. The molecule has 4 nitrogen and oxygen atoms in total. The molecule has 0 amide bonds. The summed E-state index contributed by atoms with van der Waals surface area (Å²) in [6.45, 7) is 11.0. The zero-order valence-electron chi connectivity index (χ0n) is 13.1. The van der Waals surface area contributed by atoms with Gasteiger partial charge in [-0.05, 0) is 25.2 Å². The van der Waals surface area contributed by atoms with Crippen molar-refractivity contribution >= 4 is 11.9 Å². The highest BCUT2D eigenvalue weighted by Crippen LogP contribution is 2.44. The molecule has 112 valence electrons. The first kappa shape index (κ1) is 17.9. The monoisotopic (exact) mass is 272 g/mol. The van der Waals surface area contributed by atoms with Crippen molar-refractivity contribution in [3.8, 4) is 0 Å². The van der Waals surface area contributed by atoms with E-state index in [-0.39, 0.29) is 6.10 Å². The van der Waals surface area contributed by atoms with Crippen molar-refractivity contribution in [3.63, 3.8) is 0 Å². The first-order chi connectivity index (χ1) is 8.63. The molecule has 19 heavy (non-hydrogen) atoms. The van der Waals surface area contributed by atoms with E-state index in [1.807, 2.05) is 20.8 Å². The van der Waals surface area contributed by atoms with Crippen LogP contribution in [0.2, 0.25) is 0 Å². The fraction of sp³-hybridized carbons (Fsp3) is 0.867. The highest BCUT2D eigenvalue weighted by Gasteiger charge is 2.56. The number of carboxylic acids is 1. The molecule has 0 aromatic carbocycles. The second-order valence-corrected chi connectivity index (χ2v) is 6.22. The molecule has 0 aliphatic carbocycles. The average molecular weight is 272 g/mol. The Morgan fingerprint density at radius 1 is 1.16 bits per heavy atom. The van der Waals surface area contributed by atoms with Gasteiger partial charge in [-0.25, -0.2) is 0 Å². The quantitative estimate of drug-likeness (QED) is 0.567. The summed E-state index contributed by atoms with van der Waals surface area (Å²) in [5.41, 5.74) is -2.15. The van der Waals surface area contributed by atoms with E-state index in [1.54, 1.807) is 20.8 Å². The van der Waals surface area contributed by atoms with Gasteiger partial charge in [0, 0.05) is 0 Å². The van der Waals surface area contributed by atoms with Crippen LogP contribution in [0.5, 0.6) is 0 Å². The minimum atomic E-state index is -1.47.